The van der Waals surface area contributed by atoms with E-state index in [4.69, 9.17) is 25.8 Å². The Morgan fingerprint density at radius 1 is 1.18 bits per heavy atom. The van der Waals surface area contributed by atoms with Gasteiger partial charge in [0, 0.05) is 46.9 Å². The highest BCUT2D eigenvalue weighted by atomic mass is 35.5. The molecule has 0 N–H and O–H groups in total. The Kier molecular flexibility index (Phi) is 8.89. The SMILES string of the molecule is CC(C)(C)OC(=O)N1CCC[C@H](SCC[C@@H]2OCC[C@@]3(Cc4ccc(Cl)cc4)c4c(F)ccc(F)c4OC[C@@H]23)C1. The Hall–Kier alpha value is -2.03. The second-order valence-corrected chi connectivity index (χ2v) is 14.0. The summed E-state index contributed by atoms with van der Waals surface area (Å²) in [6.07, 6.45) is 3.46. The molecule has 3 heterocycles. The summed E-state index contributed by atoms with van der Waals surface area (Å²) < 4.78 is 48.2. The van der Waals surface area contributed by atoms with Crippen molar-refractivity contribution in [1.29, 1.82) is 0 Å². The predicted octanol–water partition coefficient (Wildman–Crippen LogP) is 7.42. The lowest BCUT2D eigenvalue weighted by atomic mass is 9.60. The van der Waals surface area contributed by atoms with Gasteiger partial charge in [0.1, 0.15) is 11.4 Å². The van der Waals surface area contributed by atoms with E-state index in [1.807, 2.05) is 61.7 Å². The molecule has 2 aromatic rings. The van der Waals surface area contributed by atoms with Gasteiger partial charge in [-0.05, 0) is 88.5 Å². The second kappa shape index (κ2) is 12.1. The minimum atomic E-state index is -0.653. The molecule has 0 spiro atoms. The molecule has 4 atom stereocenters. The highest BCUT2D eigenvalue weighted by Gasteiger charge is 2.53. The van der Waals surface area contributed by atoms with Crippen LogP contribution in [0.3, 0.4) is 0 Å². The molecule has 2 saturated heterocycles. The van der Waals surface area contributed by atoms with Crippen LogP contribution in [0.15, 0.2) is 36.4 Å². The number of thioether (sulfide) groups is 1. The van der Waals surface area contributed by atoms with E-state index >= 15 is 4.39 Å². The zero-order chi connectivity index (χ0) is 28.5. The number of fused-ring (bicyclic) bond motifs is 3. The van der Waals surface area contributed by atoms with E-state index in [0.29, 0.717) is 48.4 Å². The monoisotopic (exact) mass is 593 g/mol. The number of likely N-dealkylation sites (tertiary alicyclic amines) is 1. The topological polar surface area (TPSA) is 48.0 Å². The van der Waals surface area contributed by atoms with Gasteiger partial charge in [-0.25, -0.2) is 13.6 Å². The Labute approximate surface area is 244 Å². The predicted molar refractivity (Wildman–Crippen MR) is 154 cm³/mol. The normalized spacial score (nSPS) is 26.4. The van der Waals surface area contributed by atoms with Gasteiger partial charge in [-0.3, -0.25) is 0 Å². The highest BCUT2D eigenvalue weighted by molar-refractivity contribution is 7.99. The van der Waals surface area contributed by atoms with Crippen molar-refractivity contribution in [2.45, 2.75) is 75.2 Å². The van der Waals surface area contributed by atoms with Crippen molar-refractivity contribution < 1.29 is 27.8 Å². The van der Waals surface area contributed by atoms with Crippen molar-refractivity contribution in [1.82, 2.24) is 4.90 Å². The van der Waals surface area contributed by atoms with Gasteiger partial charge in [0.05, 0.1) is 12.7 Å². The number of piperidine rings is 1. The van der Waals surface area contributed by atoms with Gasteiger partial charge in [0.2, 0.25) is 0 Å². The van der Waals surface area contributed by atoms with E-state index in [0.717, 1.165) is 36.6 Å². The summed E-state index contributed by atoms with van der Waals surface area (Å²) in [6.45, 7) is 7.75. The zero-order valence-electron chi connectivity index (χ0n) is 23.4. The third-order valence-corrected chi connectivity index (χ3v) is 9.80. The van der Waals surface area contributed by atoms with Gasteiger partial charge in [-0.2, -0.15) is 11.8 Å². The maximum atomic E-state index is 15.5. The lowest BCUT2D eigenvalue weighted by molar-refractivity contribution is -0.0962. The smallest absolute Gasteiger partial charge is 0.410 e. The summed E-state index contributed by atoms with van der Waals surface area (Å²) in [6, 6.07) is 9.94. The number of benzene rings is 2. The second-order valence-electron chi connectivity index (χ2n) is 12.1. The minimum Gasteiger partial charge on any atom is -0.490 e. The summed E-state index contributed by atoms with van der Waals surface area (Å²) in [5.74, 6) is -0.232. The van der Waals surface area contributed by atoms with Crippen LogP contribution < -0.4 is 4.74 Å². The average molecular weight is 594 g/mol. The van der Waals surface area contributed by atoms with Crippen molar-refractivity contribution in [3.05, 3.63) is 64.2 Å². The van der Waals surface area contributed by atoms with Crippen LogP contribution in [0.4, 0.5) is 13.6 Å². The number of hydrogen-bond donors (Lipinski definition) is 0. The summed E-state index contributed by atoms with van der Waals surface area (Å²) in [7, 11) is 0. The third-order valence-electron chi connectivity index (χ3n) is 8.22. The minimum absolute atomic E-state index is 0.0321. The molecule has 2 fully saturated rings. The van der Waals surface area contributed by atoms with Crippen LogP contribution in [-0.2, 0) is 21.3 Å². The van der Waals surface area contributed by atoms with Crippen molar-refractivity contribution in [2.75, 3.05) is 32.1 Å². The first-order chi connectivity index (χ1) is 19.1. The molecule has 40 heavy (non-hydrogen) atoms. The fourth-order valence-electron chi connectivity index (χ4n) is 6.41. The first-order valence-corrected chi connectivity index (χ1v) is 15.6. The Morgan fingerprint density at radius 2 is 1.93 bits per heavy atom. The molecule has 218 valence electrons. The summed E-state index contributed by atoms with van der Waals surface area (Å²) in [5, 5.41) is 0.954. The molecular formula is C31H38ClF2NO4S. The van der Waals surface area contributed by atoms with Gasteiger partial charge in [-0.15, -0.1) is 0 Å². The fraction of sp³-hybridized carbons (Fsp3) is 0.581. The van der Waals surface area contributed by atoms with E-state index in [-0.39, 0.29) is 30.5 Å². The van der Waals surface area contributed by atoms with Gasteiger partial charge in [0.15, 0.2) is 11.6 Å². The van der Waals surface area contributed by atoms with E-state index in [2.05, 4.69) is 0 Å². The van der Waals surface area contributed by atoms with E-state index < -0.39 is 22.7 Å². The van der Waals surface area contributed by atoms with E-state index in [1.165, 1.54) is 6.07 Å². The van der Waals surface area contributed by atoms with Gasteiger partial charge < -0.3 is 19.1 Å². The van der Waals surface area contributed by atoms with Crippen LogP contribution >= 0.6 is 23.4 Å². The molecule has 2 aromatic carbocycles. The number of carbonyl (C=O) groups is 1. The molecular weight excluding hydrogens is 556 g/mol. The summed E-state index contributed by atoms with van der Waals surface area (Å²) in [5.41, 5.74) is 0.182. The molecule has 3 aliphatic heterocycles. The molecule has 0 radical (unpaired) electrons. The molecule has 1 amide bonds. The summed E-state index contributed by atoms with van der Waals surface area (Å²) in [4.78, 5) is 14.4. The van der Waals surface area contributed by atoms with Crippen molar-refractivity contribution >= 4 is 29.5 Å². The number of rotatable bonds is 6. The van der Waals surface area contributed by atoms with Crippen LogP contribution in [0.25, 0.3) is 0 Å². The largest absolute Gasteiger partial charge is 0.490 e. The molecule has 0 aromatic heterocycles. The number of amides is 1. The van der Waals surface area contributed by atoms with Crippen molar-refractivity contribution in [3.8, 4) is 5.75 Å². The maximum Gasteiger partial charge on any atom is 0.410 e. The Bertz CT molecular complexity index is 1210. The lowest BCUT2D eigenvalue weighted by Gasteiger charge is -2.51. The summed E-state index contributed by atoms with van der Waals surface area (Å²) >= 11 is 7.98. The quantitative estimate of drug-likeness (QED) is 0.349. The van der Waals surface area contributed by atoms with Gasteiger partial charge in [-0.1, -0.05) is 23.7 Å². The van der Waals surface area contributed by atoms with Crippen LogP contribution in [0, 0.1) is 17.6 Å². The maximum absolute atomic E-state index is 15.5. The first-order valence-electron chi connectivity index (χ1n) is 14.1. The van der Waals surface area contributed by atoms with Crippen molar-refractivity contribution in [3.63, 3.8) is 0 Å². The molecule has 0 unspecified atom stereocenters. The number of halogens is 3. The molecule has 0 saturated carbocycles. The van der Waals surface area contributed by atoms with Gasteiger partial charge in [0.25, 0.3) is 0 Å². The molecule has 9 heteroatoms. The van der Waals surface area contributed by atoms with Crippen LogP contribution in [0.2, 0.25) is 5.02 Å². The first kappa shape index (κ1) is 29.5. The Morgan fingerprint density at radius 3 is 2.67 bits per heavy atom. The van der Waals surface area contributed by atoms with E-state index in [1.54, 1.807) is 0 Å². The third kappa shape index (κ3) is 6.39. The molecule has 5 nitrogen and oxygen atoms in total. The van der Waals surface area contributed by atoms with E-state index in [9.17, 15) is 9.18 Å². The number of carbonyl (C=O) groups excluding carboxylic acids is 1. The lowest BCUT2D eigenvalue weighted by Crippen LogP contribution is -2.55. The zero-order valence-corrected chi connectivity index (χ0v) is 25.0. The Balaban J connectivity index is 1.31. The molecule has 3 aliphatic rings. The number of hydrogen-bond acceptors (Lipinski definition) is 5. The van der Waals surface area contributed by atoms with Gasteiger partial charge >= 0.3 is 6.09 Å². The highest BCUT2D eigenvalue weighted by Crippen LogP contribution is 2.53. The molecule has 5 rings (SSSR count). The van der Waals surface area contributed by atoms with Crippen LogP contribution in [-0.4, -0.2) is 60.0 Å². The molecule has 0 aliphatic carbocycles. The number of ether oxygens (including phenoxy) is 3. The average Bonchev–Trinajstić information content (AvgIpc) is 2.91. The van der Waals surface area contributed by atoms with Crippen LogP contribution in [0.1, 0.15) is 57.6 Å². The number of nitrogens with zero attached hydrogens (tertiary/aromatic N) is 1. The van der Waals surface area contributed by atoms with Crippen molar-refractivity contribution in [2.24, 2.45) is 5.92 Å². The fourth-order valence-corrected chi connectivity index (χ4v) is 7.86. The molecule has 0 bridgehead atoms. The standard InChI is InChI=1S/C31H38ClF2NO4S/c1-30(2,3)39-29(36)35-14-4-5-22(18-35)40-16-12-26-23-19-38-28-25(34)11-10-24(33)27(28)31(23,13-15-37-26)17-20-6-8-21(32)9-7-20/h6-11,22-23,26H,4-5,12-19H2,1-3H3/t22-,23-,26-,31-/m0/s1. The van der Waals surface area contributed by atoms with Crippen LogP contribution in [0.5, 0.6) is 5.75 Å².